The molecule has 1 unspecified atom stereocenters. The Morgan fingerprint density at radius 2 is 2.21 bits per heavy atom. The fraction of sp³-hybridized carbons (Fsp3) is 0.400. The number of furan rings is 1. The average molecular weight is 324 g/mol. The third-order valence-electron chi connectivity index (χ3n) is 2.96. The summed E-state index contributed by atoms with van der Waals surface area (Å²) in [5.74, 6) is 0.239. The number of fused-ring (bicyclic) bond motifs is 1. The van der Waals surface area contributed by atoms with Crippen molar-refractivity contribution in [3.63, 3.8) is 0 Å². The van der Waals surface area contributed by atoms with Crippen LogP contribution in [0.5, 0.6) is 0 Å². The van der Waals surface area contributed by atoms with Crippen molar-refractivity contribution in [1.29, 1.82) is 0 Å². The highest BCUT2D eigenvalue weighted by atomic mass is 79.9. The highest BCUT2D eigenvalue weighted by Crippen LogP contribution is 2.20. The van der Waals surface area contributed by atoms with Gasteiger partial charge >= 0.3 is 0 Å². The smallest absolute Gasteiger partial charge is 0.287 e. The molecule has 0 radical (unpaired) electrons. The maximum atomic E-state index is 11.9. The Bertz CT molecular complexity index is 575. The Balaban J connectivity index is 1.97. The minimum atomic E-state index is -0.143. The number of hydrogen-bond donors (Lipinski definition) is 1. The van der Waals surface area contributed by atoms with Gasteiger partial charge < -0.3 is 9.73 Å². The standard InChI is InChI=1S/C15H18BrNO2/c1-10-5-6-13-12(8-10)9-14(19-13)15(18)17-7-3-4-11(2)16/h5-6,8-9,11H,3-4,7H2,1-2H3,(H,17,18). The van der Waals surface area contributed by atoms with Crippen molar-refractivity contribution in [2.75, 3.05) is 6.54 Å². The molecule has 1 atom stereocenters. The van der Waals surface area contributed by atoms with Gasteiger partial charge in [-0.25, -0.2) is 0 Å². The van der Waals surface area contributed by atoms with Gasteiger partial charge in [0.1, 0.15) is 5.58 Å². The van der Waals surface area contributed by atoms with Gasteiger partial charge in [0.15, 0.2) is 5.76 Å². The molecule has 2 aromatic rings. The van der Waals surface area contributed by atoms with Crippen molar-refractivity contribution in [2.45, 2.75) is 31.5 Å². The Morgan fingerprint density at radius 1 is 1.42 bits per heavy atom. The second kappa shape index (κ2) is 6.24. The zero-order valence-electron chi connectivity index (χ0n) is 11.2. The van der Waals surface area contributed by atoms with E-state index in [4.69, 9.17) is 4.42 Å². The Kier molecular flexibility index (Phi) is 4.64. The molecule has 3 nitrogen and oxygen atoms in total. The van der Waals surface area contributed by atoms with Crippen LogP contribution >= 0.6 is 15.9 Å². The average Bonchev–Trinajstić information content (AvgIpc) is 2.77. The minimum Gasteiger partial charge on any atom is -0.451 e. The van der Waals surface area contributed by atoms with Crippen LogP contribution < -0.4 is 5.32 Å². The van der Waals surface area contributed by atoms with Crippen LogP contribution in [0.4, 0.5) is 0 Å². The molecule has 1 N–H and O–H groups in total. The second-order valence-corrected chi connectivity index (χ2v) is 6.39. The van der Waals surface area contributed by atoms with Crippen molar-refractivity contribution in [3.05, 3.63) is 35.6 Å². The van der Waals surface area contributed by atoms with Gasteiger partial charge in [0, 0.05) is 16.8 Å². The molecule has 2 rings (SSSR count). The summed E-state index contributed by atoms with van der Waals surface area (Å²) in [5, 5.41) is 3.85. The molecule has 0 saturated carbocycles. The predicted molar refractivity (Wildman–Crippen MR) is 80.9 cm³/mol. The molecule has 1 aromatic carbocycles. The van der Waals surface area contributed by atoms with Crippen molar-refractivity contribution >= 4 is 32.8 Å². The van der Waals surface area contributed by atoms with E-state index in [0.717, 1.165) is 29.4 Å². The first-order valence-corrected chi connectivity index (χ1v) is 7.40. The number of aryl methyl sites for hydroxylation is 1. The van der Waals surface area contributed by atoms with Crippen LogP contribution in [0.2, 0.25) is 0 Å². The first-order chi connectivity index (χ1) is 9.06. The van der Waals surface area contributed by atoms with E-state index in [1.807, 2.05) is 25.1 Å². The first-order valence-electron chi connectivity index (χ1n) is 6.49. The minimum absolute atomic E-state index is 0.143. The van der Waals surface area contributed by atoms with E-state index in [-0.39, 0.29) is 5.91 Å². The van der Waals surface area contributed by atoms with Gasteiger partial charge in [-0.05, 0) is 38.0 Å². The molecule has 102 valence electrons. The zero-order valence-corrected chi connectivity index (χ0v) is 12.8. The lowest BCUT2D eigenvalue weighted by Gasteiger charge is -2.04. The predicted octanol–water partition coefficient (Wildman–Crippen LogP) is 4.03. The zero-order chi connectivity index (χ0) is 13.8. The molecule has 1 heterocycles. The number of nitrogens with one attached hydrogen (secondary N) is 1. The molecule has 0 aliphatic rings. The second-order valence-electron chi connectivity index (χ2n) is 4.83. The first kappa shape index (κ1) is 14.1. The van der Waals surface area contributed by atoms with Gasteiger partial charge in [0.2, 0.25) is 0 Å². The summed E-state index contributed by atoms with van der Waals surface area (Å²) in [6.45, 7) is 4.79. The Labute approximate surface area is 121 Å². The lowest BCUT2D eigenvalue weighted by Crippen LogP contribution is -2.24. The monoisotopic (exact) mass is 323 g/mol. The van der Waals surface area contributed by atoms with Gasteiger partial charge in [0.25, 0.3) is 5.91 Å². The summed E-state index contributed by atoms with van der Waals surface area (Å²) in [6.07, 6.45) is 2.00. The van der Waals surface area contributed by atoms with Crippen molar-refractivity contribution in [3.8, 4) is 0 Å². The molecule has 0 aliphatic heterocycles. The topological polar surface area (TPSA) is 42.2 Å². The normalized spacial score (nSPS) is 12.6. The number of amides is 1. The van der Waals surface area contributed by atoms with E-state index in [9.17, 15) is 4.79 Å². The lowest BCUT2D eigenvalue weighted by atomic mass is 10.2. The third-order valence-corrected chi connectivity index (χ3v) is 3.42. The molecule has 4 heteroatoms. The van der Waals surface area contributed by atoms with Crippen LogP contribution in [-0.2, 0) is 0 Å². The third kappa shape index (κ3) is 3.83. The molecule has 19 heavy (non-hydrogen) atoms. The summed E-state index contributed by atoms with van der Waals surface area (Å²) in [5.41, 5.74) is 1.91. The fourth-order valence-electron chi connectivity index (χ4n) is 1.95. The molecule has 0 saturated heterocycles. The van der Waals surface area contributed by atoms with Gasteiger partial charge in [-0.1, -0.05) is 34.5 Å². The van der Waals surface area contributed by atoms with E-state index in [2.05, 4.69) is 28.2 Å². The summed E-state index contributed by atoms with van der Waals surface area (Å²) < 4.78 is 5.54. The SMILES string of the molecule is Cc1ccc2oc(C(=O)NCCCC(C)Br)cc2c1. The molecule has 0 bridgehead atoms. The van der Waals surface area contributed by atoms with Gasteiger partial charge in [-0.15, -0.1) is 0 Å². The van der Waals surface area contributed by atoms with Crippen molar-refractivity contribution in [1.82, 2.24) is 5.32 Å². The van der Waals surface area contributed by atoms with Gasteiger partial charge in [-0.2, -0.15) is 0 Å². The lowest BCUT2D eigenvalue weighted by molar-refractivity contribution is 0.0927. The summed E-state index contributed by atoms with van der Waals surface area (Å²) in [7, 11) is 0. The number of rotatable bonds is 5. The number of benzene rings is 1. The Hall–Kier alpha value is -1.29. The number of alkyl halides is 1. The van der Waals surface area contributed by atoms with Crippen LogP contribution in [-0.4, -0.2) is 17.3 Å². The van der Waals surface area contributed by atoms with Crippen LogP contribution in [0, 0.1) is 6.92 Å². The number of halogens is 1. The largest absolute Gasteiger partial charge is 0.451 e. The van der Waals surface area contributed by atoms with Gasteiger partial charge in [0.05, 0.1) is 0 Å². The maximum absolute atomic E-state index is 11.9. The van der Waals surface area contributed by atoms with E-state index in [1.54, 1.807) is 6.07 Å². The van der Waals surface area contributed by atoms with E-state index >= 15 is 0 Å². The van der Waals surface area contributed by atoms with E-state index in [1.165, 1.54) is 0 Å². The van der Waals surface area contributed by atoms with E-state index < -0.39 is 0 Å². The Morgan fingerprint density at radius 3 is 2.95 bits per heavy atom. The number of carbonyl (C=O) groups excluding carboxylic acids is 1. The van der Waals surface area contributed by atoms with Crippen molar-refractivity contribution in [2.24, 2.45) is 0 Å². The highest BCUT2D eigenvalue weighted by Gasteiger charge is 2.11. The van der Waals surface area contributed by atoms with Crippen LogP contribution in [0.3, 0.4) is 0 Å². The molecule has 0 fully saturated rings. The molecule has 0 aliphatic carbocycles. The maximum Gasteiger partial charge on any atom is 0.287 e. The molecule has 1 amide bonds. The molecule has 0 spiro atoms. The van der Waals surface area contributed by atoms with Gasteiger partial charge in [-0.3, -0.25) is 4.79 Å². The number of carbonyl (C=O) groups is 1. The molecule has 1 aromatic heterocycles. The molecular weight excluding hydrogens is 306 g/mol. The van der Waals surface area contributed by atoms with Crippen LogP contribution in [0.25, 0.3) is 11.0 Å². The summed E-state index contributed by atoms with van der Waals surface area (Å²) in [6, 6.07) is 7.69. The fourth-order valence-corrected chi connectivity index (χ4v) is 2.27. The highest BCUT2D eigenvalue weighted by molar-refractivity contribution is 9.09. The van der Waals surface area contributed by atoms with Crippen LogP contribution in [0.1, 0.15) is 35.9 Å². The van der Waals surface area contributed by atoms with E-state index in [0.29, 0.717) is 17.1 Å². The quantitative estimate of drug-likeness (QED) is 0.666. The molecular formula is C15H18BrNO2. The van der Waals surface area contributed by atoms with Crippen LogP contribution in [0.15, 0.2) is 28.7 Å². The summed E-state index contributed by atoms with van der Waals surface area (Å²) >= 11 is 3.49. The van der Waals surface area contributed by atoms with Crippen molar-refractivity contribution < 1.29 is 9.21 Å². The number of hydrogen-bond acceptors (Lipinski definition) is 2. The summed E-state index contributed by atoms with van der Waals surface area (Å²) in [4.78, 5) is 12.4.